The third-order valence-electron chi connectivity index (χ3n) is 2.95. The first-order valence-electron chi connectivity index (χ1n) is 5.43. The lowest BCUT2D eigenvalue weighted by Gasteiger charge is -2.25. The number of likely N-dealkylation sites (N-methyl/N-ethyl adjacent to an activating group) is 1. The van der Waals surface area contributed by atoms with Crippen LogP contribution in [0.5, 0.6) is 0 Å². The average molecular weight is 220 g/mol. The second-order valence-electron chi connectivity index (χ2n) is 4.11. The van der Waals surface area contributed by atoms with E-state index in [2.05, 4.69) is 9.88 Å². The van der Waals surface area contributed by atoms with E-state index in [-0.39, 0.29) is 12.0 Å². The van der Waals surface area contributed by atoms with Crippen LogP contribution in [0.25, 0.3) is 0 Å². The highest BCUT2D eigenvalue weighted by molar-refractivity contribution is 5.77. The monoisotopic (exact) mass is 220 g/mol. The quantitative estimate of drug-likeness (QED) is 0.719. The Morgan fingerprint density at radius 2 is 2.38 bits per heavy atom. The molecule has 0 aliphatic heterocycles. The molecule has 1 aliphatic carbocycles. The molecule has 16 heavy (non-hydrogen) atoms. The summed E-state index contributed by atoms with van der Waals surface area (Å²) in [6, 6.07) is 3.93. The number of aromatic nitrogens is 1. The van der Waals surface area contributed by atoms with Gasteiger partial charge >= 0.3 is 5.97 Å². The standard InChI is InChI=1S/C12H16N2O2/c1-14(10-5-6-10)11(12(15)16-2)9-4-3-7-13-8-9/h3-4,7-8,10-11H,5-6H2,1-2H3. The number of pyridine rings is 1. The van der Waals surface area contributed by atoms with Crippen molar-refractivity contribution in [1.82, 2.24) is 9.88 Å². The zero-order valence-corrected chi connectivity index (χ0v) is 9.59. The van der Waals surface area contributed by atoms with Crippen LogP contribution in [0.2, 0.25) is 0 Å². The van der Waals surface area contributed by atoms with Gasteiger partial charge in [0.1, 0.15) is 6.04 Å². The molecule has 4 nitrogen and oxygen atoms in total. The largest absolute Gasteiger partial charge is 0.468 e. The first kappa shape index (κ1) is 11.1. The lowest BCUT2D eigenvalue weighted by atomic mass is 10.1. The molecular formula is C12H16N2O2. The Morgan fingerprint density at radius 3 is 2.88 bits per heavy atom. The maximum atomic E-state index is 11.8. The van der Waals surface area contributed by atoms with E-state index in [9.17, 15) is 4.79 Å². The molecule has 1 unspecified atom stereocenters. The molecule has 1 fully saturated rings. The summed E-state index contributed by atoms with van der Waals surface area (Å²) in [6.07, 6.45) is 5.74. The Balaban J connectivity index is 2.23. The number of carbonyl (C=O) groups excluding carboxylic acids is 1. The summed E-state index contributed by atoms with van der Waals surface area (Å²) in [7, 11) is 3.39. The lowest BCUT2D eigenvalue weighted by molar-refractivity contribution is -0.147. The zero-order valence-electron chi connectivity index (χ0n) is 9.59. The summed E-state index contributed by atoms with van der Waals surface area (Å²) < 4.78 is 4.86. The molecule has 1 aromatic rings. The molecule has 86 valence electrons. The fourth-order valence-corrected chi connectivity index (χ4v) is 1.88. The van der Waals surface area contributed by atoms with Gasteiger partial charge in [0.15, 0.2) is 0 Å². The topological polar surface area (TPSA) is 42.4 Å². The Morgan fingerprint density at radius 1 is 1.62 bits per heavy atom. The van der Waals surface area contributed by atoms with Gasteiger partial charge in [0.05, 0.1) is 7.11 Å². The van der Waals surface area contributed by atoms with Crippen LogP contribution in [0.4, 0.5) is 0 Å². The van der Waals surface area contributed by atoms with Crippen molar-refractivity contribution in [1.29, 1.82) is 0 Å². The minimum atomic E-state index is -0.328. The van der Waals surface area contributed by atoms with Crippen molar-refractivity contribution in [2.24, 2.45) is 0 Å². The molecule has 4 heteroatoms. The average Bonchev–Trinajstić information content (AvgIpc) is 3.14. The summed E-state index contributed by atoms with van der Waals surface area (Å²) in [5.74, 6) is -0.220. The van der Waals surface area contributed by atoms with E-state index in [1.807, 2.05) is 19.2 Å². The van der Waals surface area contributed by atoms with Gasteiger partial charge in [-0.15, -0.1) is 0 Å². The second-order valence-corrected chi connectivity index (χ2v) is 4.11. The first-order chi connectivity index (χ1) is 7.74. The molecule has 2 rings (SSSR count). The van der Waals surface area contributed by atoms with Gasteiger partial charge in [0.25, 0.3) is 0 Å². The molecule has 1 saturated carbocycles. The second kappa shape index (κ2) is 4.61. The van der Waals surface area contributed by atoms with Crippen molar-refractivity contribution in [3.8, 4) is 0 Å². The van der Waals surface area contributed by atoms with Crippen LogP contribution < -0.4 is 0 Å². The Kier molecular flexibility index (Phi) is 3.19. The van der Waals surface area contributed by atoms with E-state index in [4.69, 9.17) is 4.74 Å². The molecule has 0 aromatic carbocycles. The maximum Gasteiger partial charge on any atom is 0.327 e. The number of rotatable bonds is 4. The highest BCUT2D eigenvalue weighted by Gasteiger charge is 2.36. The van der Waals surface area contributed by atoms with Gasteiger partial charge in [-0.25, -0.2) is 4.79 Å². The summed E-state index contributed by atoms with van der Waals surface area (Å²) in [5, 5.41) is 0. The lowest BCUT2D eigenvalue weighted by Crippen LogP contribution is -2.33. The molecule has 1 aromatic heterocycles. The number of hydrogen-bond acceptors (Lipinski definition) is 4. The predicted octanol–water partition coefficient (Wildman–Crippen LogP) is 1.39. The van der Waals surface area contributed by atoms with E-state index in [0.29, 0.717) is 6.04 Å². The Labute approximate surface area is 95.2 Å². The molecule has 0 N–H and O–H groups in total. The number of nitrogens with zero attached hydrogens (tertiary/aromatic N) is 2. The van der Waals surface area contributed by atoms with Crippen LogP contribution in [-0.4, -0.2) is 36.1 Å². The van der Waals surface area contributed by atoms with Gasteiger partial charge in [-0.2, -0.15) is 0 Å². The van der Waals surface area contributed by atoms with E-state index < -0.39 is 0 Å². The molecule has 0 saturated heterocycles. The van der Waals surface area contributed by atoms with Gasteiger partial charge in [0.2, 0.25) is 0 Å². The van der Waals surface area contributed by atoms with Crippen molar-refractivity contribution >= 4 is 5.97 Å². The summed E-state index contributed by atoms with van der Waals surface area (Å²) in [6.45, 7) is 0. The molecule has 0 bridgehead atoms. The molecule has 1 aliphatic rings. The molecular weight excluding hydrogens is 204 g/mol. The van der Waals surface area contributed by atoms with Gasteiger partial charge in [-0.05, 0) is 31.5 Å². The smallest absolute Gasteiger partial charge is 0.327 e. The molecule has 0 radical (unpaired) electrons. The van der Waals surface area contributed by atoms with Gasteiger partial charge < -0.3 is 4.74 Å². The van der Waals surface area contributed by atoms with Crippen molar-refractivity contribution in [2.45, 2.75) is 24.9 Å². The fourth-order valence-electron chi connectivity index (χ4n) is 1.88. The number of carbonyl (C=O) groups is 1. The SMILES string of the molecule is COC(=O)C(c1cccnc1)N(C)C1CC1. The minimum absolute atomic E-state index is 0.220. The molecule has 0 spiro atoms. The van der Waals surface area contributed by atoms with Crippen LogP contribution in [-0.2, 0) is 9.53 Å². The van der Waals surface area contributed by atoms with Gasteiger partial charge in [-0.1, -0.05) is 6.07 Å². The summed E-state index contributed by atoms with van der Waals surface area (Å²) in [4.78, 5) is 17.9. The van der Waals surface area contributed by atoms with E-state index in [1.54, 1.807) is 12.4 Å². The first-order valence-corrected chi connectivity index (χ1v) is 5.43. The van der Waals surface area contributed by atoms with Gasteiger partial charge in [0, 0.05) is 18.4 Å². The number of hydrogen-bond donors (Lipinski definition) is 0. The Bertz CT molecular complexity index is 363. The zero-order chi connectivity index (χ0) is 11.5. The highest BCUT2D eigenvalue weighted by atomic mass is 16.5. The van der Waals surface area contributed by atoms with Crippen LogP contribution in [0.3, 0.4) is 0 Å². The van der Waals surface area contributed by atoms with Crippen LogP contribution in [0, 0.1) is 0 Å². The Hall–Kier alpha value is -1.42. The normalized spacial score (nSPS) is 17.2. The predicted molar refractivity (Wildman–Crippen MR) is 59.8 cm³/mol. The van der Waals surface area contributed by atoms with E-state index >= 15 is 0 Å². The third kappa shape index (κ3) is 2.22. The van der Waals surface area contributed by atoms with E-state index in [1.165, 1.54) is 7.11 Å². The van der Waals surface area contributed by atoms with Crippen molar-refractivity contribution < 1.29 is 9.53 Å². The fraction of sp³-hybridized carbons (Fsp3) is 0.500. The van der Waals surface area contributed by atoms with Gasteiger partial charge in [-0.3, -0.25) is 9.88 Å². The van der Waals surface area contributed by atoms with Crippen LogP contribution in [0.1, 0.15) is 24.4 Å². The third-order valence-corrected chi connectivity index (χ3v) is 2.95. The number of ether oxygens (including phenoxy) is 1. The van der Waals surface area contributed by atoms with Crippen LogP contribution in [0.15, 0.2) is 24.5 Å². The van der Waals surface area contributed by atoms with Crippen molar-refractivity contribution in [3.63, 3.8) is 0 Å². The summed E-state index contributed by atoms with van der Waals surface area (Å²) in [5.41, 5.74) is 0.892. The summed E-state index contributed by atoms with van der Waals surface area (Å²) >= 11 is 0. The molecule has 1 heterocycles. The number of esters is 1. The van der Waals surface area contributed by atoms with Crippen LogP contribution >= 0.6 is 0 Å². The van der Waals surface area contributed by atoms with E-state index in [0.717, 1.165) is 18.4 Å². The van der Waals surface area contributed by atoms with Crippen molar-refractivity contribution in [3.05, 3.63) is 30.1 Å². The molecule has 0 amide bonds. The highest BCUT2D eigenvalue weighted by Crippen LogP contribution is 2.33. The van der Waals surface area contributed by atoms with Crippen molar-refractivity contribution in [2.75, 3.05) is 14.2 Å². The molecule has 1 atom stereocenters. The minimum Gasteiger partial charge on any atom is -0.468 e. The number of methoxy groups -OCH3 is 1. The maximum absolute atomic E-state index is 11.8.